The summed E-state index contributed by atoms with van der Waals surface area (Å²) in [5.41, 5.74) is 1.19. The first-order chi connectivity index (χ1) is 7.24. The third-order valence-electron chi connectivity index (χ3n) is 2.60. The second kappa shape index (κ2) is 6.18. The van der Waals surface area contributed by atoms with E-state index in [0.29, 0.717) is 0 Å². The molecule has 15 heavy (non-hydrogen) atoms. The van der Waals surface area contributed by atoms with Gasteiger partial charge in [-0.2, -0.15) is 0 Å². The summed E-state index contributed by atoms with van der Waals surface area (Å²) in [5.74, 6) is 0.472. The van der Waals surface area contributed by atoms with E-state index in [2.05, 4.69) is 31.2 Å². The maximum absolute atomic E-state index is 11.2. The molecule has 0 aliphatic rings. The molecule has 80 valence electrons. The highest BCUT2D eigenvalue weighted by molar-refractivity contribution is 5.78. The molecule has 1 nitrogen and oxygen atoms in total. The maximum atomic E-state index is 11.2. The van der Waals surface area contributed by atoms with Gasteiger partial charge in [0.1, 0.15) is 5.78 Å². The average molecular weight is 202 g/mol. The predicted molar refractivity (Wildman–Crippen MR) is 64.6 cm³/mol. The highest BCUT2D eigenvalue weighted by Gasteiger charge is 2.08. The van der Waals surface area contributed by atoms with Crippen LogP contribution in [0.1, 0.15) is 32.3 Å². The van der Waals surface area contributed by atoms with Gasteiger partial charge >= 0.3 is 0 Å². The van der Waals surface area contributed by atoms with Crippen LogP contribution in [-0.2, 0) is 4.79 Å². The first kappa shape index (κ1) is 11.7. The summed E-state index contributed by atoms with van der Waals surface area (Å²) in [5, 5.41) is 0. The minimum absolute atomic E-state index is 0.185. The molecule has 1 aromatic rings. The molecule has 0 spiro atoms. The van der Waals surface area contributed by atoms with Crippen LogP contribution in [0.4, 0.5) is 0 Å². The van der Waals surface area contributed by atoms with E-state index in [4.69, 9.17) is 0 Å². The Kier molecular flexibility index (Phi) is 4.82. The van der Waals surface area contributed by atoms with Crippen molar-refractivity contribution in [3.63, 3.8) is 0 Å². The number of hydrogen-bond donors (Lipinski definition) is 0. The number of hydrogen-bond acceptors (Lipinski definition) is 1. The van der Waals surface area contributed by atoms with Crippen molar-refractivity contribution in [2.45, 2.75) is 26.7 Å². The Morgan fingerprint density at radius 2 is 2.00 bits per heavy atom. The summed E-state index contributed by atoms with van der Waals surface area (Å²) in [4.78, 5) is 11.2. The van der Waals surface area contributed by atoms with Gasteiger partial charge in [-0.3, -0.25) is 4.79 Å². The lowest BCUT2D eigenvalue weighted by molar-refractivity contribution is -0.120. The van der Waals surface area contributed by atoms with Gasteiger partial charge in [0, 0.05) is 5.92 Å². The van der Waals surface area contributed by atoms with Crippen molar-refractivity contribution in [1.29, 1.82) is 0 Å². The lowest BCUT2D eigenvalue weighted by Gasteiger charge is -2.06. The molecule has 0 aromatic heterocycles. The van der Waals surface area contributed by atoms with Gasteiger partial charge in [-0.05, 0) is 25.3 Å². The van der Waals surface area contributed by atoms with Crippen molar-refractivity contribution in [1.82, 2.24) is 0 Å². The van der Waals surface area contributed by atoms with E-state index in [1.165, 1.54) is 5.56 Å². The molecule has 0 aliphatic heterocycles. The molecular weight excluding hydrogens is 184 g/mol. The van der Waals surface area contributed by atoms with Gasteiger partial charge in [0.2, 0.25) is 0 Å². The zero-order chi connectivity index (χ0) is 11.1. The molecule has 1 rings (SSSR count). The molecule has 0 bridgehead atoms. The normalized spacial score (nSPS) is 12.9. The summed E-state index contributed by atoms with van der Waals surface area (Å²) in [6.07, 6.45) is 5.94. The summed E-state index contributed by atoms with van der Waals surface area (Å²) < 4.78 is 0. The van der Waals surface area contributed by atoms with Crippen LogP contribution in [0.5, 0.6) is 0 Å². The molecule has 0 radical (unpaired) electrons. The number of benzene rings is 1. The summed E-state index contributed by atoms with van der Waals surface area (Å²) in [7, 11) is 0. The fourth-order valence-electron chi connectivity index (χ4n) is 1.55. The largest absolute Gasteiger partial charge is 0.300 e. The van der Waals surface area contributed by atoms with Crippen molar-refractivity contribution in [3.05, 3.63) is 42.0 Å². The Morgan fingerprint density at radius 3 is 2.53 bits per heavy atom. The second-order valence-corrected chi connectivity index (χ2v) is 3.76. The van der Waals surface area contributed by atoms with E-state index >= 15 is 0 Å². The summed E-state index contributed by atoms with van der Waals surface area (Å²) in [6.45, 7) is 3.73. The van der Waals surface area contributed by atoms with E-state index in [0.717, 1.165) is 12.8 Å². The van der Waals surface area contributed by atoms with Gasteiger partial charge in [-0.15, -0.1) is 0 Å². The first-order valence-electron chi connectivity index (χ1n) is 5.46. The summed E-state index contributed by atoms with van der Waals surface area (Å²) >= 11 is 0. The van der Waals surface area contributed by atoms with Crippen molar-refractivity contribution in [2.24, 2.45) is 5.92 Å². The molecule has 1 aromatic carbocycles. The number of Topliss-reactive ketones (excluding diaryl/α,β-unsaturated/α-hetero) is 1. The predicted octanol–water partition coefficient (Wildman–Crippen LogP) is 3.71. The van der Waals surface area contributed by atoms with Crippen LogP contribution in [0.15, 0.2) is 36.4 Å². The minimum atomic E-state index is 0.185. The molecule has 1 atom stereocenters. The average Bonchev–Trinajstić information content (AvgIpc) is 2.25. The topological polar surface area (TPSA) is 17.1 Å². The molecular formula is C14H18O. The smallest absolute Gasteiger partial charge is 0.133 e. The SMILES string of the molecule is CC[C@@H](C/C=C/c1ccccc1)C(C)=O. The zero-order valence-electron chi connectivity index (χ0n) is 9.44. The van der Waals surface area contributed by atoms with Crippen molar-refractivity contribution >= 4 is 11.9 Å². The Bertz CT molecular complexity index is 324. The molecule has 1 heteroatoms. The third-order valence-corrected chi connectivity index (χ3v) is 2.60. The molecule has 0 aliphatic carbocycles. The van der Waals surface area contributed by atoms with E-state index in [1.807, 2.05) is 18.2 Å². The number of carbonyl (C=O) groups is 1. The number of ketones is 1. The van der Waals surface area contributed by atoms with Gasteiger partial charge in [0.05, 0.1) is 0 Å². The highest BCUT2D eigenvalue weighted by atomic mass is 16.1. The van der Waals surface area contributed by atoms with Crippen molar-refractivity contribution in [3.8, 4) is 0 Å². The van der Waals surface area contributed by atoms with Crippen molar-refractivity contribution < 1.29 is 4.79 Å². The van der Waals surface area contributed by atoms with E-state index < -0.39 is 0 Å². The van der Waals surface area contributed by atoms with Gasteiger partial charge in [-0.25, -0.2) is 0 Å². The highest BCUT2D eigenvalue weighted by Crippen LogP contribution is 2.11. The lowest BCUT2D eigenvalue weighted by Crippen LogP contribution is -2.07. The van der Waals surface area contributed by atoms with Crippen LogP contribution in [0.25, 0.3) is 6.08 Å². The molecule has 0 unspecified atom stereocenters. The monoisotopic (exact) mass is 202 g/mol. The van der Waals surface area contributed by atoms with Crippen LogP contribution < -0.4 is 0 Å². The van der Waals surface area contributed by atoms with Gasteiger partial charge in [-0.1, -0.05) is 49.4 Å². The van der Waals surface area contributed by atoms with E-state index in [1.54, 1.807) is 6.92 Å². The molecule has 0 heterocycles. The maximum Gasteiger partial charge on any atom is 0.133 e. The van der Waals surface area contributed by atoms with Gasteiger partial charge < -0.3 is 0 Å². The molecule has 0 amide bonds. The van der Waals surface area contributed by atoms with Gasteiger partial charge in [0.15, 0.2) is 0 Å². The first-order valence-corrected chi connectivity index (χ1v) is 5.46. The van der Waals surface area contributed by atoms with Crippen LogP contribution in [-0.4, -0.2) is 5.78 Å². The van der Waals surface area contributed by atoms with Crippen molar-refractivity contribution in [2.75, 3.05) is 0 Å². The third kappa shape index (κ3) is 4.11. The van der Waals surface area contributed by atoms with Gasteiger partial charge in [0.25, 0.3) is 0 Å². The van der Waals surface area contributed by atoms with E-state index in [9.17, 15) is 4.79 Å². The standard InChI is InChI=1S/C14H18O/c1-3-14(12(2)15)11-7-10-13-8-5-4-6-9-13/h4-10,14H,3,11H2,1-2H3/b10-7+/t14-/m0/s1. The minimum Gasteiger partial charge on any atom is -0.300 e. The summed E-state index contributed by atoms with van der Waals surface area (Å²) in [6, 6.07) is 10.2. The zero-order valence-corrected chi connectivity index (χ0v) is 9.44. The van der Waals surface area contributed by atoms with Crippen LogP contribution in [0.2, 0.25) is 0 Å². The van der Waals surface area contributed by atoms with Crippen LogP contribution >= 0.6 is 0 Å². The molecule has 0 saturated heterocycles. The fourth-order valence-corrected chi connectivity index (χ4v) is 1.55. The lowest BCUT2D eigenvalue weighted by atomic mass is 9.98. The van der Waals surface area contributed by atoms with Crippen LogP contribution in [0.3, 0.4) is 0 Å². The number of allylic oxidation sites excluding steroid dienone is 1. The number of carbonyl (C=O) groups excluding carboxylic acids is 1. The number of rotatable bonds is 5. The molecule has 0 N–H and O–H groups in total. The van der Waals surface area contributed by atoms with Crippen LogP contribution in [0, 0.1) is 5.92 Å². The quantitative estimate of drug-likeness (QED) is 0.711. The fraction of sp³-hybridized carbons (Fsp3) is 0.357. The van der Waals surface area contributed by atoms with E-state index in [-0.39, 0.29) is 11.7 Å². The molecule has 0 saturated carbocycles. The Balaban J connectivity index is 2.49. The molecule has 0 fully saturated rings. The Morgan fingerprint density at radius 1 is 1.33 bits per heavy atom. The Labute approximate surface area is 91.8 Å². The Hall–Kier alpha value is -1.37. The second-order valence-electron chi connectivity index (χ2n) is 3.76.